The van der Waals surface area contributed by atoms with Gasteiger partial charge in [-0.25, -0.2) is 0 Å². The number of nitrogens with one attached hydrogen (secondary N) is 1. The molecule has 1 aromatic rings. The van der Waals surface area contributed by atoms with Gasteiger partial charge in [-0.2, -0.15) is 0 Å². The number of methoxy groups -OCH3 is 1. The fraction of sp³-hybridized carbons (Fsp3) is 0.632. The van der Waals surface area contributed by atoms with Gasteiger partial charge < -0.3 is 19.5 Å². The van der Waals surface area contributed by atoms with Gasteiger partial charge in [0.2, 0.25) is 5.91 Å². The molecule has 2 amide bonds. The number of likely N-dealkylation sites (tertiary alicyclic amines) is 1. The maximum absolute atomic E-state index is 12.7. The molecule has 0 unspecified atom stereocenters. The van der Waals surface area contributed by atoms with E-state index in [1.807, 2.05) is 13.8 Å². The van der Waals surface area contributed by atoms with Crippen molar-refractivity contribution in [1.82, 2.24) is 14.8 Å². The number of aromatic nitrogens is 1. The molecule has 0 aliphatic carbocycles. The van der Waals surface area contributed by atoms with E-state index in [1.54, 1.807) is 34.9 Å². The maximum atomic E-state index is 12.7. The lowest BCUT2D eigenvalue weighted by Gasteiger charge is -2.31. The third-order valence-corrected chi connectivity index (χ3v) is 4.58. The molecule has 1 saturated heterocycles. The molecule has 144 valence electrons. The van der Waals surface area contributed by atoms with Gasteiger partial charge in [0, 0.05) is 51.5 Å². The fourth-order valence-electron chi connectivity index (χ4n) is 3.17. The van der Waals surface area contributed by atoms with Crippen LogP contribution in [0.4, 0.5) is 0 Å². The fourth-order valence-corrected chi connectivity index (χ4v) is 3.17. The summed E-state index contributed by atoms with van der Waals surface area (Å²) in [6.45, 7) is 5.94. The molecule has 0 atom stereocenters. The highest BCUT2D eigenvalue weighted by atomic mass is 16.5. The summed E-state index contributed by atoms with van der Waals surface area (Å²) in [4.78, 5) is 39.1. The first-order valence-corrected chi connectivity index (χ1v) is 9.22. The third kappa shape index (κ3) is 5.17. The monoisotopic (exact) mass is 363 g/mol. The molecule has 0 saturated carbocycles. The molecule has 7 heteroatoms. The van der Waals surface area contributed by atoms with Crippen LogP contribution < -0.4 is 10.9 Å². The van der Waals surface area contributed by atoms with Crippen molar-refractivity contribution in [2.24, 2.45) is 5.92 Å². The van der Waals surface area contributed by atoms with Crippen molar-refractivity contribution < 1.29 is 14.3 Å². The van der Waals surface area contributed by atoms with E-state index < -0.39 is 0 Å². The van der Waals surface area contributed by atoms with Crippen molar-refractivity contribution >= 4 is 11.8 Å². The van der Waals surface area contributed by atoms with Gasteiger partial charge in [0.1, 0.15) is 5.56 Å². The standard InChI is InChI=1S/C19H29N3O4/c1-14(2)20-17(23)15-7-11-22(12-8-15)19(25)16-6-4-9-21(18(16)24)10-5-13-26-3/h4,6,9,14-15H,5,7-8,10-13H2,1-3H3,(H,20,23). The number of rotatable bonds is 7. The Kier molecular flexibility index (Phi) is 7.38. The van der Waals surface area contributed by atoms with E-state index in [-0.39, 0.29) is 34.9 Å². The summed E-state index contributed by atoms with van der Waals surface area (Å²) < 4.78 is 6.56. The van der Waals surface area contributed by atoms with Crippen LogP contribution in [0, 0.1) is 5.92 Å². The van der Waals surface area contributed by atoms with Crippen molar-refractivity contribution in [3.8, 4) is 0 Å². The molecule has 0 radical (unpaired) electrons. The molecule has 1 aliphatic heterocycles. The minimum absolute atomic E-state index is 0.0484. The van der Waals surface area contributed by atoms with Gasteiger partial charge in [0.15, 0.2) is 0 Å². The van der Waals surface area contributed by atoms with E-state index in [4.69, 9.17) is 4.74 Å². The number of carbonyl (C=O) groups is 2. The van der Waals surface area contributed by atoms with Crippen molar-refractivity contribution in [1.29, 1.82) is 0 Å². The van der Waals surface area contributed by atoms with Gasteiger partial charge in [-0.3, -0.25) is 14.4 Å². The zero-order chi connectivity index (χ0) is 19.1. The van der Waals surface area contributed by atoms with Gasteiger partial charge in [-0.1, -0.05) is 0 Å². The second-order valence-electron chi connectivity index (χ2n) is 7.00. The number of hydrogen-bond donors (Lipinski definition) is 1. The summed E-state index contributed by atoms with van der Waals surface area (Å²) in [6, 6.07) is 3.42. The number of pyridine rings is 1. The quantitative estimate of drug-likeness (QED) is 0.740. The Hall–Kier alpha value is -2.15. The number of piperidine rings is 1. The number of carbonyl (C=O) groups excluding carboxylic acids is 2. The maximum Gasteiger partial charge on any atom is 0.263 e. The van der Waals surface area contributed by atoms with Crippen molar-refractivity contribution in [3.05, 3.63) is 34.2 Å². The van der Waals surface area contributed by atoms with Crippen LogP contribution in [0.25, 0.3) is 0 Å². The second kappa shape index (κ2) is 9.52. The molecule has 26 heavy (non-hydrogen) atoms. The zero-order valence-corrected chi connectivity index (χ0v) is 15.9. The van der Waals surface area contributed by atoms with E-state index in [1.165, 1.54) is 0 Å². The van der Waals surface area contributed by atoms with Gasteiger partial charge in [-0.05, 0) is 45.2 Å². The van der Waals surface area contributed by atoms with Crippen LogP contribution in [0.3, 0.4) is 0 Å². The summed E-state index contributed by atoms with van der Waals surface area (Å²) in [7, 11) is 1.62. The van der Waals surface area contributed by atoms with Gasteiger partial charge in [0.05, 0.1) is 0 Å². The van der Waals surface area contributed by atoms with Crippen LogP contribution in [0.1, 0.15) is 43.5 Å². The molecule has 0 spiro atoms. The molecule has 2 rings (SSSR count). The minimum Gasteiger partial charge on any atom is -0.385 e. The van der Waals surface area contributed by atoms with E-state index in [2.05, 4.69) is 5.32 Å². The molecule has 2 heterocycles. The summed E-state index contributed by atoms with van der Waals surface area (Å²) >= 11 is 0. The van der Waals surface area contributed by atoms with E-state index >= 15 is 0 Å². The predicted molar refractivity (Wildman–Crippen MR) is 99.1 cm³/mol. The summed E-state index contributed by atoms with van der Waals surface area (Å²) in [5, 5.41) is 2.92. The number of hydrogen-bond acceptors (Lipinski definition) is 4. The molecular weight excluding hydrogens is 334 g/mol. The van der Waals surface area contributed by atoms with Crippen LogP contribution in [-0.4, -0.2) is 54.1 Å². The smallest absolute Gasteiger partial charge is 0.263 e. The number of aryl methyl sites for hydroxylation is 1. The van der Waals surface area contributed by atoms with Crippen LogP contribution in [0.2, 0.25) is 0 Å². The molecule has 1 N–H and O–H groups in total. The highest BCUT2D eigenvalue weighted by molar-refractivity contribution is 5.94. The highest BCUT2D eigenvalue weighted by Crippen LogP contribution is 2.19. The Morgan fingerprint density at radius 3 is 2.62 bits per heavy atom. The van der Waals surface area contributed by atoms with E-state index in [0.717, 1.165) is 0 Å². The second-order valence-corrected chi connectivity index (χ2v) is 7.00. The SMILES string of the molecule is COCCCn1cccc(C(=O)N2CCC(C(=O)NC(C)C)CC2)c1=O. The first kappa shape index (κ1) is 20.2. The lowest BCUT2D eigenvalue weighted by molar-refractivity contribution is -0.126. The number of amides is 2. The Morgan fingerprint density at radius 1 is 1.31 bits per heavy atom. The number of ether oxygens (including phenoxy) is 1. The van der Waals surface area contributed by atoms with E-state index in [0.29, 0.717) is 45.5 Å². The third-order valence-electron chi connectivity index (χ3n) is 4.58. The molecule has 7 nitrogen and oxygen atoms in total. The summed E-state index contributed by atoms with van der Waals surface area (Å²) in [5.41, 5.74) is -0.0803. The van der Waals surface area contributed by atoms with Crippen molar-refractivity contribution in [2.45, 2.75) is 45.7 Å². The lowest BCUT2D eigenvalue weighted by Crippen LogP contribution is -2.45. The molecule has 1 aromatic heterocycles. The van der Waals surface area contributed by atoms with Crippen LogP contribution in [0.15, 0.2) is 23.1 Å². The highest BCUT2D eigenvalue weighted by Gasteiger charge is 2.29. The Bertz CT molecular complexity index is 676. The lowest BCUT2D eigenvalue weighted by atomic mass is 9.95. The molecule has 1 fully saturated rings. The Balaban J connectivity index is 1.99. The Morgan fingerprint density at radius 2 is 2.00 bits per heavy atom. The Labute approximate surface area is 154 Å². The van der Waals surface area contributed by atoms with Crippen LogP contribution >= 0.6 is 0 Å². The van der Waals surface area contributed by atoms with Gasteiger partial charge >= 0.3 is 0 Å². The predicted octanol–water partition coefficient (Wildman–Crippen LogP) is 1.26. The largest absolute Gasteiger partial charge is 0.385 e. The first-order chi connectivity index (χ1) is 12.4. The molecule has 0 aromatic carbocycles. The zero-order valence-electron chi connectivity index (χ0n) is 15.9. The van der Waals surface area contributed by atoms with Crippen LogP contribution in [-0.2, 0) is 16.1 Å². The molecular formula is C19H29N3O4. The minimum atomic E-state index is -0.270. The average molecular weight is 363 g/mol. The summed E-state index contributed by atoms with van der Waals surface area (Å²) in [6.07, 6.45) is 3.65. The number of nitrogens with zero attached hydrogens (tertiary/aromatic N) is 2. The van der Waals surface area contributed by atoms with Gasteiger partial charge in [0.25, 0.3) is 11.5 Å². The average Bonchev–Trinajstić information content (AvgIpc) is 2.62. The van der Waals surface area contributed by atoms with E-state index in [9.17, 15) is 14.4 Å². The first-order valence-electron chi connectivity index (χ1n) is 9.22. The molecule has 1 aliphatic rings. The summed E-state index contributed by atoms with van der Waals surface area (Å²) in [5.74, 6) is -0.269. The van der Waals surface area contributed by atoms with Gasteiger partial charge in [-0.15, -0.1) is 0 Å². The molecule has 0 bridgehead atoms. The normalized spacial score (nSPS) is 15.3. The topological polar surface area (TPSA) is 80.6 Å². The van der Waals surface area contributed by atoms with Crippen molar-refractivity contribution in [3.63, 3.8) is 0 Å². The van der Waals surface area contributed by atoms with Crippen LogP contribution in [0.5, 0.6) is 0 Å². The van der Waals surface area contributed by atoms with Crippen molar-refractivity contribution in [2.75, 3.05) is 26.8 Å².